The van der Waals surface area contributed by atoms with Gasteiger partial charge in [0.15, 0.2) is 0 Å². The predicted molar refractivity (Wildman–Crippen MR) is 61.1 cm³/mol. The Morgan fingerprint density at radius 2 is 2.13 bits per heavy atom. The van der Waals surface area contributed by atoms with Gasteiger partial charge in [0, 0.05) is 5.92 Å². The molecule has 0 aliphatic heterocycles. The molecule has 0 radical (unpaired) electrons. The Balaban J connectivity index is 2.96. The summed E-state index contributed by atoms with van der Waals surface area (Å²) >= 11 is 0. The molecule has 0 saturated heterocycles. The van der Waals surface area contributed by atoms with Crippen molar-refractivity contribution < 1.29 is 10.2 Å². The lowest BCUT2D eigenvalue weighted by Gasteiger charge is -2.37. The van der Waals surface area contributed by atoms with Gasteiger partial charge in [0.25, 0.3) is 0 Å². The van der Waals surface area contributed by atoms with Crippen molar-refractivity contribution in [3.8, 4) is 11.8 Å². The zero-order valence-electron chi connectivity index (χ0n) is 9.91. The van der Waals surface area contributed by atoms with Crippen LogP contribution in [0.15, 0.2) is 11.6 Å². The van der Waals surface area contributed by atoms with Gasteiger partial charge in [-0.2, -0.15) is 0 Å². The maximum Gasteiger partial charge on any atom is 0.111 e. The molecule has 0 aromatic heterocycles. The smallest absolute Gasteiger partial charge is 0.111 e. The van der Waals surface area contributed by atoms with Crippen molar-refractivity contribution in [1.82, 2.24) is 0 Å². The Labute approximate surface area is 92.0 Å². The number of allylic oxidation sites excluding steroid dienone is 1. The Kier molecular flexibility index (Phi) is 3.59. The van der Waals surface area contributed by atoms with Crippen LogP contribution < -0.4 is 0 Å². The third-order valence-corrected chi connectivity index (χ3v) is 2.86. The molecule has 2 heteroatoms. The summed E-state index contributed by atoms with van der Waals surface area (Å²) in [5.41, 5.74) is 1.08. The van der Waals surface area contributed by atoms with Crippen molar-refractivity contribution in [2.24, 2.45) is 11.3 Å². The van der Waals surface area contributed by atoms with Gasteiger partial charge in [0.2, 0.25) is 0 Å². The first-order valence-electron chi connectivity index (χ1n) is 5.38. The minimum Gasteiger partial charge on any atom is -0.389 e. The van der Waals surface area contributed by atoms with E-state index in [-0.39, 0.29) is 17.4 Å². The molecule has 0 fully saturated rings. The van der Waals surface area contributed by atoms with E-state index >= 15 is 0 Å². The zero-order chi connectivity index (χ0) is 11.6. The van der Waals surface area contributed by atoms with Crippen molar-refractivity contribution in [2.75, 3.05) is 0 Å². The molecular weight excluding hydrogens is 188 g/mol. The fourth-order valence-electron chi connectivity index (χ4n) is 2.24. The van der Waals surface area contributed by atoms with Gasteiger partial charge < -0.3 is 10.2 Å². The molecule has 0 saturated carbocycles. The van der Waals surface area contributed by atoms with Crippen LogP contribution in [0.5, 0.6) is 0 Å². The summed E-state index contributed by atoms with van der Waals surface area (Å²) in [5.74, 6) is 6.04. The summed E-state index contributed by atoms with van der Waals surface area (Å²) in [6, 6.07) is 0. The van der Waals surface area contributed by atoms with E-state index in [1.807, 2.05) is 13.0 Å². The van der Waals surface area contributed by atoms with E-state index in [0.717, 1.165) is 12.0 Å². The summed E-state index contributed by atoms with van der Waals surface area (Å²) in [5, 5.41) is 18.8. The summed E-state index contributed by atoms with van der Waals surface area (Å²) in [6.45, 7) is 7.87. The third kappa shape index (κ3) is 3.09. The van der Waals surface area contributed by atoms with Gasteiger partial charge in [-0.3, -0.25) is 0 Å². The van der Waals surface area contributed by atoms with Gasteiger partial charge in [-0.25, -0.2) is 0 Å². The Bertz CT molecular complexity index is 315. The number of hydrogen-bond acceptors (Lipinski definition) is 2. The molecule has 3 unspecified atom stereocenters. The van der Waals surface area contributed by atoms with Gasteiger partial charge in [-0.15, -0.1) is 0 Å². The maximum atomic E-state index is 9.64. The summed E-state index contributed by atoms with van der Waals surface area (Å²) in [7, 11) is 0. The lowest BCUT2D eigenvalue weighted by atomic mass is 9.68. The molecule has 0 aromatic rings. The molecule has 1 aliphatic rings. The molecule has 0 spiro atoms. The first-order chi connectivity index (χ1) is 6.83. The Hall–Kier alpha value is -0.780. The molecule has 0 bridgehead atoms. The van der Waals surface area contributed by atoms with Crippen LogP contribution in [0, 0.1) is 23.2 Å². The minimum absolute atomic E-state index is 0.0276. The van der Waals surface area contributed by atoms with E-state index in [0.29, 0.717) is 0 Å². The van der Waals surface area contributed by atoms with Crippen molar-refractivity contribution in [3.05, 3.63) is 11.6 Å². The first kappa shape index (κ1) is 12.3. The second-order valence-corrected chi connectivity index (χ2v) is 5.07. The average molecular weight is 208 g/mol. The number of rotatable bonds is 0. The van der Waals surface area contributed by atoms with Crippen LogP contribution >= 0.6 is 0 Å². The maximum absolute atomic E-state index is 9.64. The quantitative estimate of drug-likeness (QED) is 0.470. The average Bonchev–Trinajstić information content (AvgIpc) is 1.98. The zero-order valence-corrected chi connectivity index (χ0v) is 9.91. The Morgan fingerprint density at radius 3 is 2.60 bits per heavy atom. The van der Waals surface area contributed by atoms with Crippen LogP contribution in [-0.4, -0.2) is 22.4 Å². The van der Waals surface area contributed by atoms with Crippen LogP contribution in [0.2, 0.25) is 0 Å². The van der Waals surface area contributed by atoms with Gasteiger partial charge in [0.1, 0.15) is 6.10 Å². The second kappa shape index (κ2) is 4.38. The van der Waals surface area contributed by atoms with E-state index in [9.17, 15) is 5.11 Å². The predicted octanol–water partition coefficient (Wildman–Crippen LogP) is 1.72. The molecule has 15 heavy (non-hydrogen) atoms. The van der Waals surface area contributed by atoms with E-state index in [1.54, 1.807) is 6.92 Å². The third-order valence-electron chi connectivity index (χ3n) is 2.86. The highest BCUT2D eigenvalue weighted by Gasteiger charge is 2.35. The molecule has 0 heterocycles. The van der Waals surface area contributed by atoms with Gasteiger partial charge in [-0.1, -0.05) is 37.3 Å². The summed E-state index contributed by atoms with van der Waals surface area (Å²) in [6.07, 6.45) is 1.65. The molecule has 0 aromatic carbocycles. The lowest BCUT2D eigenvalue weighted by Crippen LogP contribution is -2.33. The van der Waals surface area contributed by atoms with Crippen LogP contribution in [0.4, 0.5) is 0 Å². The fourth-order valence-corrected chi connectivity index (χ4v) is 2.24. The number of hydrogen-bond donors (Lipinski definition) is 2. The monoisotopic (exact) mass is 208 g/mol. The van der Waals surface area contributed by atoms with E-state index < -0.39 is 6.10 Å². The first-order valence-corrected chi connectivity index (χ1v) is 5.38. The fraction of sp³-hybridized carbons (Fsp3) is 0.692. The molecule has 3 atom stereocenters. The van der Waals surface area contributed by atoms with Crippen molar-refractivity contribution >= 4 is 0 Å². The van der Waals surface area contributed by atoms with Crippen molar-refractivity contribution in [1.29, 1.82) is 0 Å². The summed E-state index contributed by atoms with van der Waals surface area (Å²) in [4.78, 5) is 0. The van der Waals surface area contributed by atoms with Crippen LogP contribution in [0.3, 0.4) is 0 Å². The molecule has 84 valence electrons. The molecular formula is C13H20O2. The normalized spacial score (nSPS) is 31.2. The Morgan fingerprint density at radius 1 is 1.53 bits per heavy atom. The number of aliphatic hydroxyl groups excluding tert-OH is 2. The molecule has 2 nitrogen and oxygen atoms in total. The van der Waals surface area contributed by atoms with Gasteiger partial charge in [0.05, 0.1) is 6.10 Å². The SMILES string of the molecule is CC1=CC(O)CC(C)(C)C1C#CC(C)O. The molecule has 1 aliphatic carbocycles. The minimum atomic E-state index is -0.583. The molecule has 1 rings (SSSR count). The van der Waals surface area contributed by atoms with Gasteiger partial charge >= 0.3 is 0 Å². The van der Waals surface area contributed by atoms with E-state index in [1.165, 1.54) is 0 Å². The van der Waals surface area contributed by atoms with E-state index in [2.05, 4.69) is 25.7 Å². The van der Waals surface area contributed by atoms with Gasteiger partial charge in [-0.05, 0) is 25.7 Å². The van der Waals surface area contributed by atoms with Crippen molar-refractivity contribution in [2.45, 2.75) is 46.3 Å². The van der Waals surface area contributed by atoms with Crippen molar-refractivity contribution in [3.63, 3.8) is 0 Å². The van der Waals surface area contributed by atoms with Crippen LogP contribution in [0.25, 0.3) is 0 Å². The standard InChI is InChI=1S/C13H20O2/c1-9-7-11(15)8-13(3,4)12(9)6-5-10(2)14/h7,10-12,14-15H,8H2,1-4H3. The van der Waals surface area contributed by atoms with Crippen LogP contribution in [0.1, 0.15) is 34.1 Å². The van der Waals surface area contributed by atoms with E-state index in [4.69, 9.17) is 5.11 Å². The largest absolute Gasteiger partial charge is 0.389 e. The highest BCUT2D eigenvalue weighted by atomic mass is 16.3. The number of aliphatic hydroxyl groups is 2. The lowest BCUT2D eigenvalue weighted by molar-refractivity contribution is 0.120. The highest BCUT2D eigenvalue weighted by Crippen LogP contribution is 2.40. The van der Waals surface area contributed by atoms with Crippen LogP contribution in [-0.2, 0) is 0 Å². The highest BCUT2D eigenvalue weighted by molar-refractivity contribution is 5.26. The molecule has 0 amide bonds. The molecule has 2 N–H and O–H groups in total. The topological polar surface area (TPSA) is 40.5 Å². The summed E-state index contributed by atoms with van der Waals surface area (Å²) < 4.78 is 0. The second-order valence-electron chi connectivity index (χ2n) is 5.07.